The second-order valence-corrected chi connectivity index (χ2v) is 6.01. The number of aryl methyl sites for hydroxylation is 3. The normalized spacial score (nSPS) is 10.4. The Balaban J connectivity index is 1.87. The van der Waals surface area contributed by atoms with Crippen LogP contribution in [0.25, 0.3) is 0 Å². The predicted octanol–water partition coefficient (Wildman–Crippen LogP) is 4.90. The quantitative estimate of drug-likeness (QED) is 0.695. The summed E-state index contributed by atoms with van der Waals surface area (Å²) < 4.78 is 5.38. The molecule has 2 aromatic carbocycles. The van der Waals surface area contributed by atoms with E-state index in [0.717, 1.165) is 22.9 Å². The first kappa shape index (κ1) is 16.8. The van der Waals surface area contributed by atoms with Crippen molar-refractivity contribution in [2.45, 2.75) is 20.8 Å². The number of para-hydroxylation sites is 2. The van der Waals surface area contributed by atoms with Gasteiger partial charge in [0, 0.05) is 11.8 Å². The Hall–Kier alpha value is -3.08. The molecular formula is C20H22N4O. The zero-order valence-electron chi connectivity index (χ0n) is 14.9. The molecule has 0 saturated heterocycles. The van der Waals surface area contributed by atoms with Crippen molar-refractivity contribution >= 4 is 23.0 Å². The van der Waals surface area contributed by atoms with Crippen molar-refractivity contribution in [3.05, 3.63) is 65.5 Å². The number of methoxy groups -OCH3 is 1. The lowest BCUT2D eigenvalue weighted by Crippen LogP contribution is -2.02. The van der Waals surface area contributed by atoms with Gasteiger partial charge in [-0.05, 0) is 56.2 Å². The Morgan fingerprint density at radius 3 is 2.12 bits per heavy atom. The number of benzene rings is 2. The van der Waals surface area contributed by atoms with Gasteiger partial charge >= 0.3 is 0 Å². The standard InChI is InChI=1S/C20H22N4O/c1-13-9-14(2)11-16(10-13)23-19-12-20(22-15(3)21-19)24-17-7-5-6-8-18(17)25-4/h5-12H,1-4H3,(H2,21,22,23,24). The Morgan fingerprint density at radius 1 is 0.800 bits per heavy atom. The maximum Gasteiger partial charge on any atom is 0.142 e. The number of nitrogens with zero attached hydrogens (tertiary/aromatic N) is 2. The Bertz CT molecular complexity index is 872. The highest BCUT2D eigenvalue weighted by Gasteiger charge is 2.07. The molecule has 0 saturated carbocycles. The van der Waals surface area contributed by atoms with Crippen LogP contribution < -0.4 is 15.4 Å². The third-order valence-electron chi connectivity index (χ3n) is 3.70. The molecule has 0 atom stereocenters. The molecule has 3 rings (SSSR count). The van der Waals surface area contributed by atoms with Crippen molar-refractivity contribution < 1.29 is 4.74 Å². The maximum absolute atomic E-state index is 5.38. The van der Waals surface area contributed by atoms with E-state index in [1.165, 1.54) is 11.1 Å². The van der Waals surface area contributed by atoms with Crippen molar-refractivity contribution in [2.75, 3.05) is 17.7 Å². The molecule has 2 N–H and O–H groups in total. The van der Waals surface area contributed by atoms with Crippen LogP contribution in [0.1, 0.15) is 17.0 Å². The van der Waals surface area contributed by atoms with E-state index in [4.69, 9.17) is 4.74 Å². The van der Waals surface area contributed by atoms with Crippen LogP contribution in [0.5, 0.6) is 5.75 Å². The predicted molar refractivity (Wildman–Crippen MR) is 102 cm³/mol. The van der Waals surface area contributed by atoms with E-state index in [1.807, 2.05) is 37.3 Å². The third-order valence-corrected chi connectivity index (χ3v) is 3.70. The minimum atomic E-state index is 0.687. The maximum atomic E-state index is 5.38. The fourth-order valence-electron chi connectivity index (χ4n) is 2.78. The summed E-state index contributed by atoms with van der Waals surface area (Å²) in [5.41, 5.74) is 4.29. The topological polar surface area (TPSA) is 59.1 Å². The van der Waals surface area contributed by atoms with Crippen LogP contribution >= 0.6 is 0 Å². The molecule has 5 nitrogen and oxygen atoms in total. The van der Waals surface area contributed by atoms with E-state index in [1.54, 1.807) is 7.11 Å². The molecule has 0 unspecified atom stereocenters. The second-order valence-electron chi connectivity index (χ2n) is 6.01. The highest BCUT2D eigenvalue weighted by Crippen LogP contribution is 2.27. The summed E-state index contributed by atoms with van der Waals surface area (Å²) in [6.45, 7) is 6.04. The lowest BCUT2D eigenvalue weighted by molar-refractivity contribution is 0.417. The minimum absolute atomic E-state index is 0.687. The number of hydrogen-bond acceptors (Lipinski definition) is 5. The van der Waals surface area contributed by atoms with Gasteiger partial charge in [0.25, 0.3) is 0 Å². The number of aromatic nitrogens is 2. The van der Waals surface area contributed by atoms with Crippen LogP contribution in [-0.2, 0) is 0 Å². The molecule has 5 heteroatoms. The van der Waals surface area contributed by atoms with Crippen LogP contribution in [0.2, 0.25) is 0 Å². The first-order valence-corrected chi connectivity index (χ1v) is 8.14. The number of rotatable bonds is 5. The van der Waals surface area contributed by atoms with Crippen molar-refractivity contribution in [3.8, 4) is 5.75 Å². The monoisotopic (exact) mass is 334 g/mol. The van der Waals surface area contributed by atoms with Gasteiger partial charge in [0.15, 0.2) is 0 Å². The third kappa shape index (κ3) is 4.26. The molecule has 1 heterocycles. The second kappa shape index (κ2) is 7.21. The average molecular weight is 334 g/mol. The SMILES string of the molecule is COc1ccccc1Nc1cc(Nc2cc(C)cc(C)c2)nc(C)n1. The lowest BCUT2D eigenvalue weighted by Gasteiger charge is -2.13. The lowest BCUT2D eigenvalue weighted by atomic mass is 10.1. The fourth-order valence-corrected chi connectivity index (χ4v) is 2.78. The Morgan fingerprint density at radius 2 is 1.44 bits per heavy atom. The first-order chi connectivity index (χ1) is 12.0. The van der Waals surface area contributed by atoms with Gasteiger partial charge in [-0.15, -0.1) is 0 Å². The Labute approximate surface area is 148 Å². The summed E-state index contributed by atoms with van der Waals surface area (Å²) in [6.07, 6.45) is 0. The van der Waals surface area contributed by atoms with Gasteiger partial charge in [-0.25, -0.2) is 9.97 Å². The highest BCUT2D eigenvalue weighted by atomic mass is 16.5. The molecule has 0 amide bonds. The van der Waals surface area contributed by atoms with E-state index in [9.17, 15) is 0 Å². The van der Waals surface area contributed by atoms with Gasteiger partial charge in [-0.2, -0.15) is 0 Å². The summed E-state index contributed by atoms with van der Waals surface area (Å²) >= 11 is 0. The summed E-state index contributed by atoms with van der Waals surface area (Å²) in [4.78, 5) is 8.94. The van der Waals surface area contributed by atoms with Crippen LogP contribution in [0.3, 0.4) is 0 Å². The Kier molecular flexibility index (Phi) is 4.84. The number of anilines is 4. The fraction of sp³-hybridized carbons (Fsp3) is 0.200. The first-order valence-electron chi connectivity index (χ1n) is 8.14. The molecule has 0 aliphatic rings. The molecule has 0 fully saturated rings. The summed E-state index contributed by atoms with van der Waals surface area (Å²) in [5, 5.41) is 6.66. The van der Waals surface area contributed by atoms with Gasteiger partial charge in [-0.3, -0.25) is 0 Å². The van der Waals surface area contributed by atoms with Crippen LogP contribution in [-0.4, -0.2) is 17.1 Å². The van der Waals surface area contributed by atoms with E-state index in [-0.39, 0.29) is 0 Å². The van der Waals surface area contributed by atoms with Gasteiger partial charge in [0.2, 0.25) is 0 Å². The van der Waals surface area contributed by atoms with Crippen molar-refractivity contribution in [1.82, 2.24) is 9.97 Å². The molecule has 0 aliphatic heterocycles. The van der Waals surface area contributed by atoms with Gasteiger partial charge in [0.1, 0.15) is 23.2 Å². The molecule has 0 radical (unpaired) electrons. The average Bonchev–Trinajstić information content (AvgIpc) is 2.53. The summed E-state index contributed by atoms with van der Waals surface area (Å²) in [6, 6.07) is 16.0. The largest absolute Gasteiger partial charge is 0.495 e. The molecule has 3 aromatic rings. The number of ether oxygens (including phenoxy) is 1. The molecule has 1 aromatic heterocycles. The van der Waals surface area contributed by atoms with E-state index in [2.05, 4.69) is 52.6 Å². The zero-order chi connectivity index (χ0) is 17.8. The van der Waals surface area contributed by atoms with Crippen molar-refractivity contribution in [2.24, 2.45) is 0 Å². The van der Waals surface area contributed by atoms with Crippen LogP contribution in [0.4, 0.5) is 23.0 Å². The molecule has 128 valence electrons. The zero-order valence-corrected chi connectivity index (χ0v) is 14.9. The van der Waals surface area contributed by atoms with Crippen molar-refractivity contribution in [1.29, 1.82) is 0 Å². The minimum Gasteiger partial charge on any atom is -0.495 e. The van der Waals surface area contributed by atoms with Gasteiger partial charge < -0.3 is 15.4 Å². The van der Waals surface area contributed by atoms with Gasteiger partial charge in [-0.1, -0.05) is 18.2 Å². The molecule has 0 spiro atoms. The molecule has 0 aliphatic carbocycles. The molecule has 0 bridgehead atoms. The summed E-state index contributed by atoms with van der Waals surface area (Å²) in [7, 11) is 1.65. The number of nitrogens with one attached hydrogen (secondary N) is 2. The summed E-state index contributed by atoms with van der Waals surface area (Å²) in [5.74, 6) is 2.91. The molecular weight excluding hydrogens is 312 g/mol. The van der Waals surface area contributed by atoms with Gasteiger partial charge in [0.05, 0.1) is 12.8 Å². The van der Waals surface area contributed by atoms with E-state index < -0.39 is 0 Å². The van der Waals surface area contributed by atoms with E-state index in [0.29, 0.717) is 11.6 Å². The smallest absolute Gasteiger partial charge is 0.142 e. The molecule has 25 heavy (non-hydrogen) atoms. The van der Waals surface area contributed by atoms with Crippen molar-refractivity contribution in [3.63, 3.8) is 0 Å². The van der Waals surface area contributed by atoms with Crippen LogP contribution in [0, 0.1) is 20.8 Å². The van der Waals surface area contributed by atoms with E-state index >= 15 is 0 Å². The van der Waals surface area contributed by atoms with Crippen LogP contribution in [0.15, 0.2) is 48.5 Å². The highest BCUT2D eigenvalue weighted by molar-refractivity contribution is 5.67. The number of hydrogen-bond donors (Lipinski definition) is 2.